The lowest BCUT2D eigenvalue weighted by Gasteiger charge is -1.95. The first-order valence-electron chi connectivity index (χ1n) is 6.06. The van der Waals surface area contributed by atoms with Gasteiger partial charge in [0.1, 0.15) is 0 Å². The van der Waals surface area contributed by atoms with Crippen molar-refractivity contribution in [1.82, 2.24) is 15.2 Å². The molecule has 0 fully saturated rings. The number of halogens is 1. The molecule has 0 amide bonds. The summed E-state index contributed by atoms with van der Waals surface area (Å²) in [5.74, 6) is 1.72. The Kier molecular flexibility index (Phi) is 4.27. The molecule has 0 aliphatic rings. The fourth-order valence-corrected chi connectivity index (χ4v) is 3.81. The highest BCUT2D eigenvalue weighted by Crippen LogP contribution is 2.33. The Balaban J connectivity index is 1.70. The van der Waals surface area contributed by atoms with Crippen LogP contribution in [0.25, 0.3) is 11.5 Å². The van der Waals surface area contributed by atoms with Crippen LogP contribution in [0.4, 0.5) is 5.13 Å². The summed E-state index contributed by atoms with van der Waals surface area (Å²) < 4.78 is 7.77. The van der Waals surface area contributed by atoms with Gasteiger partial charge in [0.2, 0.25) is 11.8 Å². The van der Waals surface area contributed by atoms with Gasteiger partial charge in [-0.1, -0.05) is 27.3 Å². The van der Waals surface area contributed by atoms with Crippen LogP contribution in [0.2, 0.25) is 0 Å². The van der Waals surface area contributed by atoms with Crippen molar-refractivity contribution in [3.05, 3.63) is 40.3 Å². The van der Waals surface area contributed by atoms with Gasteiger partial charge < -0.3 is 10.2 Å². The summed E-state index contributed by atoms with van der Waals surface area (Å²) in [6, 6.07) is 7.75. The highest BCUT2D eigenvalue weighted by molar-refractivity contribution is 9.10. The molecule has 108 valence electrons. The Morgan fingerprint density at radius 2 is 2.05 bits per heavy atom. The number of thiazole rings is 1. The summed E-state index contributed by atoms with van der Waals surface area (Å²) in [6.07, 6.45) is 0. The Labute approximate surface area is 138 Å². The Morgan fingerprint density at radius 3 is 2.71 bits per heavy atom. The first-order valence-corrected chi connectivity index (χ1v) is 8.65. The van der Waals surface area contributed by atoms with Gasteiger partial charge in [0, 0.05) is 10.0 Å². The maximum Gasteiger partial charge on any atom is 0.247 e. The number of benzene rings is 1. The van der Waals surface area contributed by atoms with Gasteiger partial charge >= 0.3 is 0 Å². The van der Waals surface area contributed by atoms with Crippen LogP contribution in [0.5, 0.6) is 0 Å². The molecule has 2 aromatic heterocycles. The minimum atomic E-state index is 0.527. The van der Waals surface area contributed by atoms with Gasteiger partial charge in [-0.3, -0.25) is 0 Å². The highest BCUT2D eigenvalue weighted by Gasteiger charge is 2.11. The summed E-state index contributed by atoms with van der Waals surface area (Å²) in [4.78, 5) is 4.19. The monoisotopic (exact) mass is 382 g/mol. The van der Waals surface area contributed by atoms with Crippen molar-refractivity contribution >= 4 is 44.2 Å². The number of nitrogens with zero attached hydrogens (tertiary/aromatic N) is 3. The molecule has 0 radical (unpaired) electrons. The first-order chi connectivity index (χ1) is 10.1. The van der Waals surface area contributed by atoms with Crippen LogP contribution in [0.15, 0.2) is 37.4 Å². The van der Waals surface area contributed by atoms with E-state index in [1.54, 1.807) is 11.8 Å². The van der Waals surface area contributed by atoms with Crippen molar-refractivity contribution in [2.75, 3.05) is 5.73 Å². The van der Waals surface area contributed by atoms with Gasteiger partial charge in [-0.05, 0) is 31.2 Å². The number of nitrogens with two attached hydrogens (primary N) is 1. The molecule has 0 saturated heterocycles. The molecular formula is C13H11BrN4OS2. The van der Waals surface area contributed by atoms with Crippen molar-refractivity contribution < 1.29 is 4.42 Å². The van der Waals surface area contributed by atoms with E-state index in [4.69, 9.17) is 10.2 Å². The molecule has 0 bridgehead atoms. The van der Waals surface area contributed by atoms with Crippen molar-refractivity contribution in [1.29, 1.82) is 0 Å². The van der Waals surface area contributed by atoms with E-state index in [0.29, 0.717) is 22.7 Å². The molecule has 0 aliphatic heterocycles. The molecule has 0 saturated carbocycles. The highest BCUT2D eigenvalue weighted by atomic mass is 79.9. The second-order valence-corrected chi connectivity index (χ2v) is 7.41. The molecule has 0 unspecified atom stereocenters. The summed E-state index contributed by atoms with van der Waals surface area (Å²) in [6.45, 7) is 1.94. The summed E-state index contributed by atoms with van der Waals surface area (Å²) >= 11 is 6.47. The number of thioether (sulfide) groups is 1. The van der Waals surface area contributed by atoms with Gasteiger partial charge in [-0.25, -0.2) is 4.98 Å². The largest absolute Gasteiger partial charge is 0.420 e. The molecule has 2 N–H and O–H groups in total. The van der Waals surface area contributed by atoms with E-state index >= 15 is 0 Å². The average molecular weight is 383 g/mol. The third kappa shape index (κ3) is 3.45. The van der Waals surface area contributed by atoms with Crippen LogP contribution in [-0.2, 0) is 5.75 Å². The summed E-state index contributed by atoms with van der Waals surface area (Å²) in [5, 5.41) is 8.72. The molecular weight excluding hydrogens is 372 g/mol. The number of rotatable bonds is 4. The second kappa shape index (κ2) is 6.17. The van der Waals surface area contributed by atoms with E-state index in [1.165, 1.54) is 11.3 Å². The summed E-state index contributed by atoms with van der Waals surface area (Å²) in [7, 11) is 0. The predicted molar refractivity (Wildman–Crippen MR) is 88.3 cm³/mol. The lowest BCUT2D eigenvalue weighted by Crippen LogP contribution is -1.81. The number of hydrogen-bond donors (Lipinski definition) is 1. The molecule has 3 aromatic rings. The summed E-state index contributed by atoms with van der Waals surface area (Å²) in [5.41, 5.74) is 7.52. The standard InChI is InChI=1S/C13H11BrN4OS2/c1-7-12(21-13(15)16-7)20-6-10-17-18-11(19-10)8-2-4-9(14)5-3-8/h2-5H,6H2,1H3,(H2,15,16). The molecule has 2 heterocycles. The fraction of sp³-hybridized carbons (Fsp3) is 0.154. The van der Waals surface area contributed by atoms with Crippen LogP contribution in [0.3, 0.4) is 0 Å². The van der Waals surface area contributed by atoms with E-state index in [0.717, 1.165) is 19.9 Å². The number of hydrogen-bond acceptors (Lipinski definition) is 7. The number of anilines is 1. The van der Waals surface area contributed by atoms with E-state index < -0.39 is 0 Å². The van der Waals surface area contributed by atoms with E-state index in [1.807, 2.05) is 31.2 Å². The van der Waals surface area contributed by atoms with Crippen molar-refractivity contribution in [3.63, 3.8) is 0 Å². The topological polar surface area (TPSA) is 77.8 Å². The first kappa shape index (κ1) is 14.6. The Bertz CT molecular complexity index is 754. The third-order valence-corrected chi connectivity index (χ3v) is 5.52. The van der Waals surface area contributed by atoms with Crippen LogP contribution in [0.1, 0.15) is 11.6 Å². The Morgan fingerprint density at radius 1 is 1.29 bits per heavy atom. The molecule has 21 heavy (non-hydrogen) atoms. The maximum atomic E-state index is 5.68. The molecule has 0 spiro atoms. The normalized spacial score (nSPS) is 11.0. The zero-order valence-electron chi connectivity index (χ0n) is 11.0. The van der Waals surface area contributed by atoms with Gasteiger partial charge in [-0.15, -0.1) is 22.0 Å². The van der Waals surface area contributed by atoms with Crippen molar-refractivity contribution in [3.8, 4) is 11.5 Å². The Hall–Kier alpha value is -1.38. The molecule has 1 aromatic carbocycles. The maximum absolute atomic E-state index is 5.68. The van der Waals surface area contributed by atoms with Gasteiger partial charge in [-0.2, -0.15) is 0 Å². The zero-order chi connectivity index (χ0) is 14.8. The van der Waals surface area contributed by atoms with Crippen molar-refractivity contribution in [2.45, 2.75) is 16.9 Å². The van der Waals surface area contributed by atoms with Crippen LogP contribution in [-0.4, -0.2) is 15.2 Å². The zero-order valence-corrected chi connectivity index (χ0v) is 14.3. The number of aryl methyl sites for hydroxylation is 1. The molecule has 0 aliphatic carbocycles. The van der Waals surface area contributed by atoms with Gasteiger partial charge in [0.25, 0.3) is 0 Å². The minimum Gasteiger partial charge on any atom is -0.420 e. The van der Waals surface area contributed by atoms with Crippen molar-refractivity contribution in [2.24, 2.45) is 0 Å². The van der Waals surface area contributed by atoms with Gasteiger partial charge in [0.15, 0.2) is 5.13 Å². The van der Waals surface area contributed by atoms with Gasteiger partial charge in [0.05, 0.1) is 15.7 Å². The van der Waals surface area contributed by atoms with Crippen LogP contribution >= 0.6 is 39.0 Å². The number of nitrogen functional groups attached to an aromatic ring is 1. The fourth-order valence-electron chi connectivity index (χ4n) is 1.68. The third-order valence-electron chi connectivity index (χ3n) is 2.66. The van der Waals surface area contributed by atoms with E-state index in [2.05, 4.69) is 31.1 Å². The molecule has 3 rings (SSSR count). The minimum absolute atomic E-state index is 0.527. The number of aromatic nitrogens is 3. The SMILES string of the molecule is Cc1nc(N)sc1SCc1nnc(-c2ccc(Br)cc2)o1. The van der Waals surface area contributed by atoms with Crippen LogP contribution in [0, 0.1) is 6.92 Å². The average Bonchev–Trinajstić information content (AvgIpc) is 3.04. The molecule has 8 heteroatoms. The molecule has 5 nitrogen and oxygen atoms in total. The van der Waals surface area contributed by atoms with Crippen LogP contribution < -0.4 is 5.73 Å². The quantitative estimate of drug-likeness (QED) is 0.683. The smallest absolute Gasteiger partial charge is 0.247 e. The molecule has 0 atom stereocenters. The second-order valence-electron chi connectivity index (χ2n) is 4.22. The predicted octanol–water partition coefficient (Wildman–Crippen LogP) is 4.14. The van der Waals surface area contributed by atoms with E-state index in [-0.39, 0.29) is 0 Å². The van der Waals surface area contributed by atoms with E-state index in [9.17, 15) is 0 Å². The lowest BCUT2D eigenvalue weighted by atomic mass is 10.2. The lowest BCUT2D eigenvalue weighted by molar-refractivity contribution is 0.528.